The van der Waals surface area contributed by atoms with E-state index in [1.807, 2.05) is 0 Å². The average molecular weight is 263 g/mol. The molecule has 1 nitrogen and oxygen atoms in total. The van der Waals surface area contributed by atoms with Crippen LogP contribution in [0.15, 0.2) is 0 Å². The second-order valence-electron chi connectivity index (χ2n) is 0. The van der Waals surface area contributed by atoms with E-state index in [2.05, 4.69) is 0 Å². The van der Waals surface area contributed by atoms with Crippen molar-refractivity contribution in [3.63, 3.8) is 0 Å². The van der Waals surface area contributed by atoms with E-state index in [1.54, 1.807) is 0 Å². The molecule has 6 heavy (non-hydrogen) atoms. The molecule has 0 aromatic rings. The van der Waals surface area contributed by atoms with Gasteiger partial charge in [-0.25, -0.2) is 0 Å². The van der Waals surface area contributed by atoms with Gasteiger partial charge < -0.3 is 1.43 Å². The van der Waals surface area contributed by atoms with E-state index in [-0.39, 0.29) is 70.9 Å². The molecule has 0 N–H and O–H groups in total. The van der Waals surface area contributed by atoms with Crippen molar-refractivity contribution >= 4 is 17.4 Å². The first kappa shape index (κ1) is 37.0. The van der Waals surface area contributed by atoms with Crippen molar-refractivity contribution in [1.82, 2.24) is 0 Å². The molecule has 0 unspecified atom stereocenters. The maximum atomic E-state index is 8.34. The van der Waals surface area contributed by atoms with Gasteiger partial charge in [0.1, 0.15) is 0 Å². The normalized spacial score (nSPS) is 0.500. The van der Waals surface area contributed by atoms with E-state index in [9.17, 15) is 0 Å². The van der Waals surface area contributed by atoms with Crippen LogP contribution in [0.2, 0.25) is 0 Å². The zero-order chi connectivity index (χ0) is 2.00. The Morgan fingerprint density at radius 1 is 1.33 bits per heavy atom. The SMILES string of the molecule is [AlH3].[Co].[H-].[Li+].[Ni].[O]=[Zr]. The van der Waals surface area contributed by atoms with Gasteiger partial charge in [0.15, 0.2) is 17.4 Å². The molecule has 37 valence electrons. The molecular weight excluding hydrogens is 259 g/mol. The Kier molecular flexibility index (Phi) is 283. The standard InChI is InChI=1S/Al.Co.Li.Ni.O.Zr.4H/q;;+1;;;;;;;-1. The van der Waals surface area contributed by atoms with Crippen molar-refractivity contribution in [2.45, 2.75) is 0 Å². The molecule has 1 radical (unpaired) electrons. The fraction of sp³-hybridized carbons (Fsp3) is 0. The van der Waals surface area contributed by atoms with Crippen LogP contribution in [0.25, 0.3) is 0 Å². The van der Waals surface area contributed by atoms with Crippen LogP contribution in [-0.4, -0.2) is 17.4 Å². The van der Waals surface area contributed by atoms with Gasteiger partial charge in [0.25, 0.3) is 0 Å². The molecule has 0 fully saturated rings. The molecule has 0 atom stereocenters. The van der Waals surface area contributed by atoms with Crippen LogP contribution in [-0.2, 0) is 60.8 Å². The van der Waals surface area contributed by atoms with Gasteiger partial charge in [-0.05, 0) is 0 Å². The Balaban J connectivity index is -0.000000000500. The third kappa shape index (κ3) is 29.1. The molecule has 0 heterocycles. The van der Waals surface area contributed by atoms with Gasteiger partial charge in [-0.3, -0.25) is 0 Å². The van der Waals surface area contributed by atoms with Crippen LogP contribution in [0.3, 0.4) is 0 Å². The Hall–Kier alpha value is 2.81. The van der Waals surface area contributed by atoms with Gasteiger partial charge in [0, 0.05) is 33.3 Å². The average Bonchev–Trinajstić information content (AvgIpc) is 1.00. The Bertz CT molecular complexity index is 19.7. The minimum atomic E-state index is 0. The van der Waals surface area contributed by atoms with Crippen molar-refractivity contribution in [3.05, 3.63) is 0 Å². The summed E-state index contributed by atoms with van der Waals surface area (Å²) in [6.45, 7) is 0. The number of hydrogen-bond donors (Lipinski definition) is 0. The summed E-state index contributed by atoms with van der Waals surface area (Å²) in [5, 5.41) is 0. The van der Waals surface area contributed by atoms with Gasteiger partial charge in [-0.2, -0.15) is 0 Å². The molecular formula is H4AlCoLiNiOZr. The number of rotatable bonds is 0. The van der Waals surface area contributed by atoms with E-state index in [0.29, 0.717) is 24.7 Å². The summed E-state index contributed by atoms with van der Waals surface area (Å²) < 4.78 is 8.34. The van der Waals surface area contributed by atoms with Gasteiger partial charge in [-0.1, -0.05) is 0 Å². The quantitative estimate of drug-likeness (QED) is 0.405. The predicted octanol–water partition coefficient (Wildman–Crippen LogP) is -4.19. The molecule has 0 aliphatic carbocycles. The number of hydrogen-bond acceptors (Lipinski definition) is 1. The first-order valence-corrected chi connectivity index (χ1v) is 1.21. The molecule has 0 spiro atoms. The predicted molar refractivity (Wildman–Crippen MR) is 11.7 cm³/mol. The van der Waals surface area contributed by atoms with Crippen LogP contribution in [0, 0.1) is 0 Å². The molecule has 6 heteroatoms. The fourth-order valence-electron chi connectivity index (χ4n) is 0. The summed E-state index contributed by atoms with van der Waals surface area (Å²) >= 11 is 0.300. The van der Waals surface area contributed by atoms with E-state index in [0.717, 1.165) is 0 Å². The first-order valence-electron chi connectivity index (χ1n) is 0.204. The molecule has 0 bridgehead atoms. The van der Waals surface area contributed by atoms with Gasteiger partial charge in [0.05, 0.1) is 0 Å². The van der Waals surface area contributed by atoms with Gasteiger partial charge in [-0.15, -0.1) is 0 Å². The van der Waals surface area contributed by atoms with E-state index in [1.165, 1.54) is 0 Å². The Morgan fingerprint density at radius 3 is 1.33 bits per heavy atom. The second kappa shape index (κ2) is 45.8. The van der Waals surface area contributed by atoms with Gasteiger partial charge in [0.2, 0.25) is 0 Å². The summed E-state index contributed by atoms with van der Waals surface area (Å²) in [6.07, 6.45) is 0. The van der Waals surface area contributed by atoms with Crippen LogP contribution >= 0.6 is 0 Å². The topological polar surface area (TPSA) is 17.1 Å². The monoisotopic (exact) mass is 261 g/mol. The minimum absolute atomic E-state index is 0. The van der Waals surface area contributed by atoms with Crippen LogP contribution < -0.4 is 18.9 Å². The summed E-state index contributed by atoms with van der Waals surface area (Å²) in [5.41, 5.74) is 0. The van der Waals surface area contributed by atoms with Crippen molar-refractivity contribution in [2.24, 2.45) is 0 Å². The summed E-state index contributed by atoms with van der Waals surface area (Å²) in [4.78, 5) is 0. The zero-order valence-electron chi connectivity index (χ0n) is 3.56. The van der Waals surface area contributed by atoms with Crippen LogP contribution in [0.1, 0.15) is 1.43 Å². The zero-order valence-corrected chi connectivity index (χ0v) is 7.04. The molecule has 0 aromatic carbocycles. The Labute approximate surface area is 97.0 Å². The van der Waals surface area contributed by atoms with Crippen LogP contribution in [0.4, 0.5) is 0 Å². The van der Waals surface area contributed by atoms with Crippen LogP contribution in [0.5, 0.6) is 0 Å². The van der Waals surface area contributed by atoms with Crippen molar-refractivity contribution in [1.29, 1.82) is 0 Å². The molecule has 0 aromatic heterocycles. The summed E-state index contributed by atoms with van der Waals surface area (Å²) in [5.74, 6) is 0. The van der Waals surface area contributed by atoms with E-state index in [4.69, 9.17) is 2.81 Å². The van der Waals surface area contributed by atoms with E-state index >= 15 is 0 Å². The third-order valence-corrected chi connectivity index (χ3v) is 0. The summed E-state index contributed by atoms with van der Waals surface area (Å²) in [7, 11) is 0. The molecule has 0 saturated heterocycles. The van der Waals surface area contributed by atoms with Crippen molar-refractivity contribution in [3.8, 4) is 0 Å². The molecule has 0 amide bonds. The van der Waals surface area contributed by atoms with Crippen molar-refractivity contribution < 1.29 is 81.1 Å². The van der Waals surface area contributed by atoms with Gasteiger partial charge >= 0.3 is 46.4 Å². The molecule has 0 saturated carbocycles. The summed E-state index contributed by atoms with van der Waals surface area (Å²) in [6, 6.07) is 0. The maximum absolute atomic E-state index is 8.34. The second-order valence-corrected chi connectivity index (χ2v) is 0. The molecule has 0 aliphatic rings. The third-order valence-electron chi connectivity index (χ3n) is 0. The van der Waals surface area contributed by atoms with E-state index < -0.39 is 0 Å². The molecule has 0 aliphatic heterocycles. The van der Waals surface area contributed by atoms with Crippen molar-refractivity contribution in [2.75, 3.05) is 0 Å². The first-order chi connectivity index (χ1) is 1.00. The fourth-order valence-corrected chi connectivity index (χ4v) is 0. The molecule has 0 rings (SSSR count). The Morgan fingerprint density at radius 2 is 1.33 bits per heavy atom.